The average Bonchev–Trinajstić information content (AvgIpc) is 2.46. The third kappa shape index (κ3) is 4.69. The van der Waals surface area contributed by atoms with E-state index >= 15 is 0 Å². The van der Waals surface area contributed by atoms with Gasteiger partial charge in [-0.3, -0.25) is 0 Å². The molecular weight excluding hydrogens is 274 g/mol. The van der Waals surface area contributed by atoms with Gasteiger partial charge in [-0.2, -0.15) is 0 Å². The van der Waals surface area contributed by atoms with Crippen LogP contribution in [0.1, 0.15) is 37.3 Å². The van der Waals surface area contributed by atoms with Gasteiger partial charge in [-0.25, -0.2) is 0 Å². The molecule has 2 aromatic rings. The minimum atomic E-state index is 0.458. The van der Waals surface area contributed by atoms with Crippen LogP contribution in [-0.2, 0) is 0 Å². The van der Waals surface area contributed by atoms with E-state index in [0.29, 0.717) is 19.1 Å². The van der Waals surface area contributed by atoms with Gasteiger partial charge in [0.25, 0.3) is 0 Å². The van der Waals surface area contributed by atoms with E-state index in [0.717, 1.165) is 23.6 Å². The standard InChI is InChI=1S/C19H25NO2/c1-14(2)18-9-8-15(3)12-19(18)22-11-5-10-21-17-7-4-6-16(20)13-17/h4,6-9,12-14H,5,10-11,20H2,1-3H3. The zero-order valence-corrected chi connectivity index (χ0v) is 13.6. The maximum atomic E-state index is 5.94. The number of nitrogen functional groups attached to an aromatic ring is 1. The number of hydrogen-bond acceptors (Lipinski definition) is 3. The monoisotopic (exact) mass is 299 g/mol. The van der Waals surface area contributed by atoms with Crippen LogP contribution in [0.15, 0.2) is 42.5 Å². The van der Waals surface area contributed by atoms with Gasteiger partial charge < -0.3 is 15.2 Å². The van der Waals surface area contributed by atoms with Crippen LogP contribution in [0.2, 0.25) is 0 Å². The molecule has 0 unspecified atom stereocenters. The van der Waals surface area contributed by atoms with Gasteiger partial charge in [0.15, 0.2) is 0 Å². The van der Waals surface area contributed by atoms with E-state index in [4.69, 9.17) is 15.2 Å². The molecule has 0 heterocycles. The van der Waals surface area contributed by atoms with E-state index in [-0.39, 0.29) is 0 Å². The van der Waals surface area contributed by atoms with Crippen LogP contribution in [0.3, 0.4) is 0 Å². The Morgan fingerprint density at radius 2 is 1.77 bits per heavy atom. The fourth-order valence-electron chi connectivity index (χ4n) is 2.28. The molecule has 0 fully saturated rings. The molecule has 0 spiro atoms. The molecule has 0 atom stereocenters. The lowest BCUT2D eigenvalue weighted by Crippen LogP contribution is -2.07. The van der Waals surface area contributed by atoms with Gasteiger partial charge in [0, 0.05) is 18.2 Å². The van der Waals surface area contributed by atoms with Crippen molar-refractivity contribution in [2.24, 2.45) is 0 Å². The molecule has 0 saturated heterocycles. The number of anilines is 1. The Bertz CT molecular complexity index is 608. The number of benzene rings is 2. The molecule has 0 bridgehead atoms. The highest BCUT2D eigenvalue weighted by Gasteiger charge is 2.07. The van der Waals surface area contributed by atoms with Gasteiger partial charge in [-0.1, -0.05) is 32.0 Å². The van der Waals surface area contributed by atoms with Crippen molar-refractivity contribution in [2.75, 3.05) is 18.9 Å². The largest absolute Gasteiger partial charge is 0.493 e. The van der Waals surface area contributed by atoms with E-state index in [1.807, 2.05) is 24.3 Å². The lowest BCUT2D eigenvalue weighted by atomic mass is 10.0. The summed E-state index contributed by atoms with van der Waals surface area (Å²) in [5, 5.41) is 0. The molecule has 118 valence electrons. The second-order valence-corrected chi connectivity index (χ2v) is 5.82. The van der Waals surface area contributed by atoms with E-state index in [2.05, 4.69) is 39.0 Å². The summed E-state index contributed by atoms with van der Waals surface area (Å²) in [6, 6.07) is 13.9. The van der Waals surface area contributed by atoms with Crippen molar-refractivity contribution in [1.29, 1.82) is 0 Å². The molecule has 0 aliphatic rings. The topological polar surface area (TPSA) is 44.5 Å². The molecule has 3 heteroatoms. The Hall–Kier alpha value is -2.16. The predicted octanol–water partition coefficient (Wildman–Crippen LogP) is 4.55. The predicted molar refractivity (Wildman–Crippen MR) is 91.7 cm³/mol. The first-order chi connectivity index (χ1) is 10.6. The Labute approximate surface area is 133 Å². The Morgan fingerprint density at radius 3 is 2.50 bits per heavy atom. The van der Waals surface area contributed by atoms with Crippen LogP contribution in [0.5, 0.6) is 11.5 Å². The van der Waals surface area contributed by atoms with Crippen molar-refractivity contribution in [2.45, 2.75) is 33.1 Å². The zero-order valence-electron chi connectivity index (χ0n) is 13.6. The minimum absolute atomic E-state index is 0.458. The van der Waals surface area contributed by atoms with Crippen LogP contribution in [0, 0.1) is 6.92 Å². The highest BCUT2D eigenvalue weighted by molar-refractivity contribution is 5.43. The van der Waals surface area contributed by atoms with Crippen molar-refractivity contribution < 1.29 is 9.47 Å². The Kier molecular flexibility index (Phi) is 5.70. The van der Waals surface area contributed by atoms with E-state index in [1.165, 1.54) is 11.1 Å². The second-order valence-electron chi connectivity index (χ2n) is 5.82. The lowest BCUT2D eigenvalue weighted by Gasteiger charge is -2.15. The maximum absolute atomic E-state index is 5.94. The molecule has 2 aromatic carbocycles. The van der Waals surface area contributed by atoms with Gasteiger partial charge >= 0.3 is 0 Å². The zero-order chi connectivity index (χ0) is 15.9. The second kappa shape index (κ2) is 7.74. The van der Waals surface area contributed by atoms with Gasteiger partial charge in [0.1, 0.15) is 11.5 Å². The summed E-state index contributed by atoms with van der Waals surface area (Å²) < 4.78 is 11.6. The fraction of sp³-hybridized carbons (Fsp3) is 0.368. The highest BCUT2D eigenvalue weighted by Crippen LogP contribution is 2.27. The van der Waals surface area contributed by atoms with E-state index in [9.17, 15) is 0 Å². The quantitative estimate of drug-likeness (QED) is 0.602. The highest BCUT2D eigenvalue weighted by atomic mass is 16.5. The summed E-state index contributed by atoms with van der Waals surface area (Å²) in [5.74, 6) is 2.25. The number of nitrogens with two attached hydrogens (primary N) is 1. The maximum Gasteiger partial charge on any atom is 0.123 e. The van der Waals surface area contributed by atoms with Gasteiger partial charge in [-0.15, -0.1) is 0 Å². The minimum Gasteiger partial charge on any atom is -0.493 e. The molecule has 2 rings (SSSR count). The number of rotatable bonds is 7. The van der Waals surface area contributed by atoms with Crippen molar-refractivity contribution in [3.05, 3.63) is 53.6 Å². The molecule has 0 aromatic heterocycles. The van der Waals surface area contributed by atoms with Crippen LogP contribution < -0.4 is 15.2 Å². The fourth-order valence-corrected chi connectivity index (χ4v) is 2.28. The Balaban J connectivity index is 1.80. The molecule has 22 heavy (non-hydrogen) atoms. The summed E-state index contributed by atoms with van der Waals surface area (Å²) in [5.41, 5.74) is 8.91. The van der Waals surface area contributed by atoms with E-state index in [1.54, 1.807) is 0 Å². The summed E-state index contributed by atoms with van der Waals surface area (Å²) in [4.78, 5) is 0. The van der Waals surface area contributed by atoms with Crippen molar-refractivity contribution in [3.8, 4) is 11.5 Å². The van der Waals surface area contributed by atoms with Gasteiger partial charge in [0.2, 0.25) is 0 Å². The summed E-state index contributed by atoms with van der Waals surface area (Å²) in [7, 11) is 0. The van der Waals surface area contributed by atoms with Gasteiger partial charge in [-0.05, 0) is 42.2 Å². The molecular formula is C19H25NO2. The first-order valence-electron chi connectivity index (χ1n) is 7.78. The van der Waals surface area contributed by atoms with Crippen molar-refractivity contribution in [1.82, 2.24) is 0 Å². The van der Waals surface area contributed by atoms with Crippen LogP contribution >= 0.6 is 0 Å². The summed E-state index contributed by atoms with van der Waals surface area (Å²) in [6.07, 6.45) is 0.834. The van der Waals surface area contributed by atoms with Crippen LogP contribution in [0.4, 0.5) is 5.69 Å². The van der Waals surface area contributed by atoms with Crippen LogP contribution in [0.25, 0.3) is 0 Å². The van der Waals surface area contributed by atoms with Crippen molar-refractivity contribution in [3.63, 3.8) is 0 Å². The SMILES string of the molecule is Cc1ccc(C(C)C)c(OCCCOc2cccc(N)c2)c1. The number of hydrogen-bond donors (Lipinski definition) is 1. The lowest BCUT2D eigenvalue weighted by molar-refractivity contribution is 0.246. The molecule has 0 amide bonds. The third-order valence-electron chi connectivity index (χ3n) is 3.46. The molecule has 0 radical (unpaired) electrons. The van der Waals surface area contributed by atoms with Crippen molar-refractivity contribution >= 4 is 5.69 Å². The molecule has 3 nitrogen and oxygen atoms in total. The van der Waals surface area contributed by atoms with Crippen LogP contribution in [-0.4, -0.2) is 13.2 Å². The third-order valence-corrected chi connectivity index (χ3v) is 3.46. The summed E-state index contributed by atoms with van der Waals surface area (Å²) in [6.45, 7) is 7.71. The molecule has 0 aliphatic heterocycles. The molecule has 0 aliphatic carbocycles. The first kappa shape index (κ1) is 16.2. The average molecular weight is 299 g/mol. The number of ether oxygens (including phenoxy) is 2. The molecule has 0 saturated carbocycles. The number of aryl methyl sites for hydroxylation is 1. The first-order valence-corrected chi connectivity index (χ1v) is 7.78. The molecule has 2 N–H and O–H groups in total. The Morgan fingerprint density at radius 1 is 1.00 bits per heavy atom. The smallest absolute Gasteiger partial charge is 0.123 e. The normalized spacial score (nSPS) is 10.7. The summed E-state index contributed by atoms with van der Waals surface area (Å²) >= 11 is 0. The van der Waals surface area contributed by atoms with E-state index < -0.39 is 0 Å². The van der Waals surface area contributed by atoms with Gasteiger partial charge in [0.05, 0.1) is 13.2 Å².